The fourth-order valence-electron chi connectivity index (χ4n) is 2.54. The minimum absolute atomic E-state index is 0.290. The third-order valence-electron chi connectivity index (χ3n) is 3.69. The maximum Gasteiger partial charge on any atom is 0.338 e. The number of carbonyl (C=O) groups excluding carboxylic acids is 1. The van der Waals surface area contributed by atoms with Crippen LogP contribution in [0.3, 0.4) is 0 Å². The van der Waals surface area contributed by atoms with Crippen LogP contribution >= 0.6 is 0 Å². The zero-order valence-electron chi connectivity index (χ0n) is 13.4. The number of hydrogen-bond acceptors (Lipinski definition) is 3. The van der Waals surface area contributed by atoms with Crippen molar-refractivity contribution in [3.8, 4) is 11.3 Å². The number of esters is 1. The second-order valence-electron chi connectivity index (χ2n) is 5.58. The Morgan fingerprint density at radius 2 is 1.87 bits per heavy atom. The molecule has 0 fully saturated rings. The molecule has 0 aliphatic carbocycles. The second-order valence-corrected chi connectivity index (χ2v) is 5.58. The molecule has 0 spiro atoms. The van der Waals surface area contributed by atoms with Crippen LogP contribution in [0.4, 0.5) is 0 Å². The standard InChI is InChI=1S/C20H19NO2/c1-3-11-23-20(22)17-13-19(15-7-5-4-6-8-15)21-18-10-9-14(2)12-16(17)18/h4-10,12-13H,3,11H2,1-2H3. The molecule has 3 heteroatoms. The quantitative estimate of drug-likeness (QED) is 0.651. The molecule has 3 rings (SSSR count). The summed E-state index contributed by atoms with van der Waals surface area (Å²) in [6, 6.07) is 17.6. The Bertz CT molecular complexity index is 841. The molecule has 0 unspecified atom stereocenters. The Balaban J connectivity index is 2.18. The lowest BCUT2D eigenvalue weighted by molar-refractivity contribution is 0.0507. The zero-order valence-corrected chi connectivity index (χ0v) is 13.4. The molecule has 0 saturated heterocycles. The minimum atomic E-state index is -0.290. The molecular formula is C20H19NO2. The Morgan fingerprint density at radius 1 is 1.09 bits per heavy atom. The first kappa shape index (κ1) is 15.2. The predicted molar refractivity (Wildman–Crippen MR) is 92.5 cm³/mol. The van der Waals surface area contributed by atoms with Crippen LogP contribution in [0.5, 0.6) is 0 Å². The number of carbonyl (C=O) groups is 1. The molecule has 0 amide bonds. The van der Waals surface area contributed by atoms with Gasteiger partial charge in [-0.25, -0.2) is 9.78 Å². The van der Waals surface area contributed by atoms with Crippen LogP contribution in [0.15, 0.2) is 54.6 Å². The van der Waals surface area contributed by atoms with E-state index in [-0.39, 0.29) is 5.97 Å². The molecule has 2 aromatic carbocycles. The molecule has 3 aromatic rings. The van der Waals surface area contributed by atoms with Crippen LogP contribution in [0, 0.1) is 6.92 Å². The third-order valence-corrected chi connectivity index (χ3v) is 3.69. The van der Waals surface area contributed by atoms with Crippen LogP contribution in [0.2, 0.25) is 0 Å². The van der Waals surface area contributed by atoms with Crippen molar-refractivity contribution < 1.29 is 9.53 Å². The van der Waals surface area contributed by atoms with Gasteiger partial charge in [0.2, 0.25) is 0 Å². The molecule has 0 atom stereocenters. The molecule has 23 heavy (non-hydrogen) atoms. The highest BCUT2D eigenvalue weighted by Gasteiger charge is 2.15. The summed E-state index contributed by atoms with van der Waals surface area (Å²) < 4.78 is 5.35. The van der Waals surface area contributed by atoms with Crippen LogP contribution < -0.4 is 0 Å². The highest BCUT2D eigenvalue weighted by molar-refractivity contribution is 6.04. The Hall–Kier alpha value is -2.68. The molecule has 1 heterocycles. The number of hydrogen-bond donors (Lipinski definition) is 0. The number of aromatic nitrogens is 1. The summed E-state index contributed by atoms with van der Waals surface area (Å²) in [4.78, 5) is 17.2. The summed E-state index contributed by atoms with van der Waals surface area (Å²) in [6.45, 7) is 4.42. The van der Waals surface area contributed by atoms with E-state index in [9.17, 15) is 4.79 Å². The summed E-state index contributed by atoms with van der Waals surface area (Å²) in [5, 5.41) is 0.839. The van der Waals surface area contributed by atoms with Gasteiger partial charge < -0.3 is 4.74 Å². The van der Waals surface area contributed by atoms with Crippen molar-refractivity contribution in [3.05, 3.63) is 65.7 Å². The molecular weight excluding hydrogens is 286 g/mol. The van der Waals surface area contributed by atoms with E-state index in [1.807, 2.05) is 68.4 Å². The Morgan fingerprint density at radius 3 is 2.61 bits per heavy atom. The van der Waals surface area contributed by atoms with Gasteiger partial charge in [-0.15, -0.1) is 0 Å². The van der Waals surface area contributed by atoms with Crippen molar-refractivity contribution in [1.29, 1.82) is 0 Å². The van der Waals surface area contributed by atoms with Crippen LogP contribution in [0.1, 0.15) is 29.3 Å². The summed E-state index contributed by atoms with van der Waals surface area (Å²) in [5.74, 6) is -0.290. The van der Waals surface area contributed by atoms with Crippen molar-refractivity contribution in [1.82, 2.24) is 4.98 Å². The van der Waals surface area contributed by atoms with E-state index in [0.717, 1.165) is 34.1 Å². The lowest BCUT2D eigenvalue weighted by Gasteiger charge is -2.10. The normalized spacial score (nSPS) is 10.7. The number of nitrogens with zero attached hydrogens (tertiary/aromatic N) is 1. The Kier molecular flexibility index (Phi) is 4.38. The molecule has 0 bridgehead atoms. The fraction of sp³-hybridized carbons (Fsp3) is 0.200. The summed E-state index contributed by atoms with van der Waals surface area (Å²) in [7, 11) is 0. The van der Waals surface area contributed by atoms with E-state index < -0.39 is 0 Å². The molecule has 1 aromatic heterocycles. The molecule has 116 valence electrons. The van der Waals surface area contributed by atoms with Crippen molar-refractivity contribution >= 4 is 16.9 Å². The molecule has 0 N–H and O–H groups in total. The number of rotatable bonds is 4. The highest BCUT2D eigenvalue weighted by Crippen LogP contribution is 2.26. The van der Waals surface area contributed by atoms with Gasteiger partial charge in [0, 0.05) is 10.9 Å². The molecule has 0 radical (unpaired) electrons. The summed E-state index contributed by atoms with van der Waals surface area (Å²) in [5.41, 5.74) is 4.24. The first-order chi connectivity index (χ1) is 11.2. The summed E-state index contributed by atoms with van der Waals surface area (Å²) in [6.07, 6.45) is 0.805. The average Bonchev–Trinajstić information content (AvgIpc) is 2.59. The molecule has 0 aliphatic rings. The summed E-state index contributed by atoms with van der Waals surface area (Å²) >= 11 is 0. The van der Waals surface area contributed by atoms with Crippen molar-refractivity contribution in [2.75, 3.05) is 6.61 Å². The van der Waals surface area contributed by atoms with E-state index >= 15 is 0 Å². The van der Waals surface area contributed by atoms with Gasteiger partial charge >= 0.3 is 5.97 Å². The molecule has 0 aliphatic heterocycles. The van der Waals surface area contributed by atoms with Crippen molar-refractivity contribution in [2.45, 2.75) is 20.3 Å². The number of ether oxygens (including phenoxy) is 1. The van der Waals surface area contributed by atoms with Gasteiger partial charge in [0.15, 0.2) is 0 Å². The average molecular weight is 305 g/mol. The van der Waals surface area contributed by atoms with Gasteiger partial charge in [-0.05, 0) is 31.5 Å². The lowest BCUT2D eigenvalue weighted by atomic mass is 10.0. The molecule has 3 nitrogen and oxygen atoms in total. The monoisotopic (exact) mass is 305 g/mol. The van der Waals surface area contributed by atoms with E-state index in [2.05, 4.69) is 0 Å². The van der Waals surface area contributed by atoms with E-state index in [1.54, 1.807) is 0 Å². The molecule has 0 saturated carbocycles. The fourth-order valence-corrected chi connectivity index (χ4v) is 2.54. The van der Waals surface area contributed by atoms with Crippen LogP contribution in [0.25, 0.3) is 22.2 Å². The van der Waals surface area contributed by atoms with Gasteiger partial charge in [-0.1, -0.05) is 48.9 Å². The highest BCUT2D eigenvalue weighted by atomic mass is 16.5. The van der Waals surface area contributed by atoms with Gasteiger partial charge in [-0.3, -0.25) is 0 Å². The maximum absolute atomic E-state index is 12.5. The first-order valence-electron chi connectivity index (χ1n) is 7.83. The lowest BCUT2D eigenvalue weighted by Crippen LogP contribution is -2.07. The SMILES string of the molecule is CCCOC(=O)c1cc(-c2ccccc2)nc2ccc(C)cc12. The third kappa shape index (κ3) is 3.24. The van der Waals surface area contributed by atoms with Crippen LogP contribution in [-0.2, 0) is 4.74 Å². The first-order valence-corrected chi connectivity index (χ1v) is 7.83. The van der Waals surface area contributed by atoms with Gasteiger partial charge in [0.05, 0.1) is 23.4 Å². The van der Waals surface area contributed by atoms with Crippen LogP contribution in [-0.4, -0.2) is 17.6 Å². The maximum atomic E-state index is 12.5. The number of aryl methyl sites for hydroxylation is 1. The number of fused-ring (bicyclic) bond motifs is 1. The Labute approximate surface area is 135 Å². The van der Waals surface area contributed by atoms with Gasteiger partial charge in [0.25, 0.3) is 0 Å². The predicted octanol–water partition coefficient (Wildman–Crippen LogP) is 4.78. The zero-order chi connectivity index (χ0) is 16.2. The minimum Gasteiger partial charge on any atom is -0.462 e. The van der Waals surface area contributed by atoms with Gasteiger partial charge in [0.1, 0.15) is 0 Å². The number of benzene rings is 2. The van der Waals surface area contributed by atoms with Gasteiger partial charge in [-0.2, -0.15) is 0 Å². The second kappa shape index (κ2) is 6.61. The van der Waals surface area contributed by atoms with E-state index in [0.29, 0.717) is 12.2 Å². The number of pyridine rings is 1. The largest absolute Gasteiger partial charge is 0.462 e. The smallest absolute Gasteiger partial charge is 0.338 e. The van der Waals surface area contributed by atoms with Crippen molar-refractivity contribution in [3.63, 3.8) is 0 Å². The van der Waals surface area contributed by atoms with E-state index in [4.69, 9.17) is 9.72 Å². The van der Waals surface area contributed by atoms with Crippen molar-refractivity contribution in [2.24, 2.45) is 0 Å². The topological polar surface area (TPSA) is 39.2 Å². The van der Waals surface area contributed by atoms with E-state index in [1.165, 1.54) is 0 Å².